The fourth-order valence-electron chi connectivity index (χ4n) is 1.27. The maximum Gasteiger partial charge on any atom is 0.123 e. The lowest BCUT2D eigenvalue weighted by Gasteiger charge is -2.13. The highest BCUT2D eigenvalue weighted by molar-refractivity contribution is 9.10. The fourth-order valence-corrected chi connectivity index (χ4v) is 1.66. The van der Waals surface area contributed by atoms with Crippen LogP contribution >= 0.6 is 15.9 Å². The summed E-state index contributed by atoms with van der Waals surface area (Å²) in [5, 5.41) is 3.25. The van der Waals surface area contributed by atoms with Gasteiger partial charge in [-0.1, -0.05) is 15.9 Å². The lowest BCUT2D eigenvalue weighted by Crippen LogP contribution is -2.29. The molecular weight excluding hydrogens is 261 g/mol. The average Bonchev–Trinajstić information content (AvgIpc) is 2.20. The minimum absolute atomic E-state index is 0.214. The van der Waals surface area contributed by atoms with Crippen molar-refractivity contribution in [2.75, 3.05) is 13.7 Å². The number of rotatable bonds is 5. The summed E-state index contributed by atoms with van der Waals surface area (Å²) in [6.45, 7) is 3.30. The Morgan fingerprint density at radius 2 is 2.27 bits per heavy atom. The second-order valence-corrected chi connectivity index (χ2v) is 4.33. The average molecular weight is 276 g/mol. The van der Waals surface area contributed by atoms with Crippen LogP contribution < -0.4 is 5.32 Å². The van der Waals surface area contributed by atoms with E-state index in [1.54, 1.807) is 13.2 Å². The van der Waals surface area contributed by atoms with Crippen molar-refractivity contribution in [3.63, 3.8) is 0 Å². The number of benzene rings is 1. The summed E-state index contributed by atoms with van der Waals surface area (Å²) in [7, 11) is 1.66. The number of ether oxygens (including phenoxy) is 1. The highest BCUT2D eigenvalue weighted by Crippen LogP contribution is 2.17. The summed E-state index contributed by atoms with van der Waals surface area (Å²) in [4.78, 5) is 0. The quantitative estimate of drug-likeness (QED) is 0.892. The van der Waals surface area contributed by atoms with Crippen molar-refractivity contribution in [2.24, 2.45) is 0 Å². The van der Waals surface area contributed by atoms with E-state index in [1.807, 2.05) is 6.92 Å². The molecule has 0 fully saturated rings. The van der Waals surface area contributed by atoms with E-state index in [9.17, 15) is 4.39 Å². The van der Waals surface area contributed by atoms with Crippen molar-refractivity contribution in [3.8, 4) is 0 Å². The normalized spacial score (nSPS) is 12.8. The van der Waals surface area contributed by atoms with Crippen molar-refractivity contribution in [2.45, 2.75) is 19.5 Å². The molecule has 0 bridgehead atoms. The predicted molar refractivity (Wildman–Crippen MR) is 62.3 cm³/mol. The highest BCUT2D eigenvalue weighted by atomic mass is 79.9. The summed E-state index contributed by atoms with van der Waals surface area (Å²) < 4.78 is 18.9. The predicted octanol–water partition coefficient (Wildman–Crippen LogP) is 2.71. The van der Waals surface area contributed by atoms with Gasteiger partial charge in [0.2, 0.25) is 0 Å². The van der Waals surface area contributed by atoms with Gasteiger partial charge in [0.1, 0.15) is 5.82 Å². The molecule has 0 aliphatic rings. The number of hydrogen-bond acceptors (Lipinski definition) is 2. The van der Waals surface area contributed by atoms with Gasteiger partial charge >= 0.3 is 0 Å². The van der Waals surface area contributed by atoms with Gasteiger partial charge in [-0.05, 0) is 30.7 Å². The zero-order valence-corrected chi connectivity index (χ0v) is 10.5. The topological polar surface area (TPSA) is 21.3 Å². The molecule has 1 unspecified atom stereocenters. The zero-order chi connectivity index (χ0) is 11.3. The molecule has 0 radical (unpaired) electrons. The van der Waals surface area contributed by atoms with Gasteiger partial charge in [0.25, 0.3) is 0 Å². The van der Waals surface area contributed by atoms with Gasteiger partial charge in [-0.15, -0.1) is 0 Å². The Hall–Kier alpha value is -0.450. The molecule has 84 valence electrons. The molecule has 0 amide bonds. The molecule has 0 aromatic heterocycles. The van der Waals surface area contributed by atoms with Crippen LogP contribution in [-0.2, 0) is 11.3 Å². The van der Waals surface area contributed by atoms with E-state index in [0.717, 1.165) is 10.0 Å². The molecule has 2 nitrogen and oxygen atoms in total. The molecule has 1 atom stereocenters. The first-order chi connectivity index (χ1) is 7.13. The summed E-state index contributed by atoms with van der Waals surface area (Å²) in [5.41, 5.74) is 0.915. The van der Waals surface area contributed by atoms with Gasteiger partial charge in [0.05, 0.1) is 6.61 Å². The van der Waals surface area contributed by atoms with E-state index in [0.29, 0.717) is 13.2 Å². The molecule has 1 aromatic rings. The van der Waals surface area contributed by atoms with Gasteiger partial charge in [0.15, 0.2) is 0 Å². The second kappa shape index (κ2) is 6.20. The summed E-state index contributed by atoms with van der Waals surface area (Å²) >= 11 is 3.38. The third-order valence-corrected chi connectivity index (χ3v) is 2.84. The van der Waals surface area contributed by atoms with E-state index in [4.69, 9.17) is 4.74 Å². The van der Waals surface area contributed by atoms with Crippen LogP contribution in [0.25, 0.3) is 0 Å². The van der Waals surface area contributed by atoms with E-state index < -0.39 is 0 Å². The molecule has 1 aromatic carbocycles. The fraction of sp³-hybridized carbons (Fsp3) is 0.455. The zero-order valence-electron chi connectivity index (χ0n) is 8.89. The van der Waals surface area contributed by atoms with Crippen molar-refractivity contribution in [1.82, 2.24) is 5.32 Å². The van der Waals surface area contributed by atoms with Crippen LogP contribution in [0.4, 0.5) is 4.39 Å². The summed E-state index contributed by atoms with van der Waals surface area (Å²) in [6, 6.07) is 4.93. The minimum Gasteiger partial charge on any atom is -0.383 e. The standard InChI is InChI=1S/C11H15BrFNO/c1-8(7-15-2)14-6-9-5-10(13)3-4-11(9)12/h3-5,8,14H,6-7H2,1-2H3. The molecule has 0 aliphatic heterocycles. The SMILES string of the molecule is COCC(C)NCc1cc(F)ccc1Br. The Morgan fingerprint density at radius 3 is 2.93 bits per heavy atom. The first kappa shape index (κ1) is 12.6. The van der Waals surface area contributed by atoms with E-state index in [1.165, 1.54) is 12.1 Å². The third kappa shape index (κ3) is 4.28. The van der Waals surface area contributed by atoms with Gasteiger partial charge in [-0.2, -0.15) is 0 Å². The smallest absolute Gasteiger partial charge is 0.123 e. The molecule has 0 heterocycles. The molecular formula is C11H15BrFNO. The van der Waals surface area contributed by atoms with Crippen LogP contribution in [0.2, 0.25) is 0 Å². The molecule has 0 aliphatic carbocycles. The first-order valence-corrected chi connectivity index (χ1v) is 5.59. The van der Waals surface area contributed by atoms with Gasteiger partial charge in [0, 0.05) is 24.2 Å². The Labute approximate surface area is 98.0 Å². The minimum atomic E-state index is -0.214. The molecule has 1 rings (SSSR count). The van der Waals surface area contributed by atoms with Crippen LogP contribution in [0.5, 0.6) is 0 Å². The van der Waals surface area contributed by atoms with Crippen LogP contribution in [0.1, 0.15) is 12.5 Å². The van der Waals surface area contributed by atoms with Gasteiger partial charge in [-0.3, -0.25) is 0 Å². The lowest BCUT2D eigenvalue weighted by atomic mass is 10.2. The van der Waals surface area contributed by atoms with Crippen LogP contribution in [-0.4, -0.2) is 19.8 Å². The van der Waals surface area contributed by atoms with Crippen molar-refractivity contribution >= 4 is 15.9 Å². The third-order valence-electron chi connectivity index (χ3n) is 2.07. The Morgan fingerprint density at radius 1 is 1.53 bits per heavy atom. The van der Waals surface area contributed by atoms with Crippen molar-refractivity contribution < 1.29 is 9.13 Å². The maximum atomic E-state index is 12.9. The lowest BCUT2D eigenvalue weighted by molar-refractivity contribution is 0.171. The summed E-state index contributed by atoms with van der Waals surface area (Å²) in [6.07, 6.45) is 0. The Balaban J connectivity index is 2.53. The molecule has 15 heavy (non-hydrogen) atoms. The van der Waals surface area contributed by atoms with Crippen LogP contribution in [0, 0.1) is 5.82 Å². The molecule has 0 saturated heterocycles. The molecule has 1 N–H and O–H groups in total. The Kier molecular flexibility index (Phi) is 5.22. The largest absolute Gasteiger partial charge is 0.383 e. The number of nitrogens with one attached hydrogen (secondary N) is 1. The van der Waals surface area contributed by atoms with Crippen molar-refractivity contribution in [3.05, 3.63) is 34.1 Å². The van der Waals surface area contributed by atoms with Crippen molar-refractivity contribution in [1.29, 1.82) is 0 Å². The number of halogens is 2. The molecule has 4 heteroatoms. The number of hydrogen-bond donors (Lipinski definition) is 1. The van der Waals surface area contributed by atoms with E-state index >= 15 is 0 Å². The van der Waals surface area contributed by atoms with Crippen LogP contribution in [0.15, 0.2) is 22.7 Å². The molecule has 0 spiro atoms. The molecule has 0 saturated carbocycles. The van der Waals surface area contributed by atoms with Gasteiger partial charge in [-0.25, -0.2) is 4.39 Å². The Bertz CT molecular complexity index is 319. The monoisotopic (exact) mass is 275 g/mol. The number of methoxy groups -OCH3 is 1. The summed E-state index contributed by atoms with van der Waals surface area (Å²) in [5.74, 6) is -0.214. The second-order valence-electron chi connectivity index (χ2n) is 3.47. The van der Waals surface area contributed by atoms with E-state index in [2.05, 4.69) is 21.2 Å². The van der Waals surface area contributed by atoms with Crippen LogP contribution in [0.3, 0.4) is 0 Å². The van der Waals surface area contributed by atoms with Gasteiger partial charge < -0.3 is 10.1 Å². The first-order valence-electron chi connectivity index (χ1n) is 4.79. The maximum absolute atomic E-state index is 12.9. The highest BCUT2D eigenvalue weighted by Gasteiger charge is 2.04. The van der Waals surface area contributed by atoms with E-state index in [-0.39, 0.29) is 11.9 Å².